The van der Waals surface area contributed by atoms with Crippen LogP contribution in [0.5, 0.6) is 11.5 Å². The Balaban J connectivity index is 2.01. The number of aryl methyl sites for hydroxylation is 2. The molecule has 2 aromatic carbocycles. The summed E-state index contributed by atoms with van der Waals surface area (Å²) in [5.74, 6) is -1.23. The normalized spacial score (nSPS) is 10.4. The lowest BCUT2D eigenvalue weighted by molar-refractivity contribution is -0.139. The summed E-state index contributed by atoms with van der Waals surface area (Å²) in [7, 11) is 1.47. The highest BCUT2D eigenvalue weighted by Gasteiger charge is 2.14. The highest BCUT2D eigenvalue weighted by molar-refractivity contribution is 14.1. The van der Waals surface area contributed by atoms with E-state index in [-0.39, 0.29) is 19.1 Å². The fourth-order valence-electron chi connectivity index (χ4n) is 2.80. The van der Waals surface area contributed by atoms with Gasteiger partial charge in [-0.15, -0.1) is 6.58 Å². The molecule has 0 spiro atoms. The van der Waals surface area contributed by atoms with E-state index >= 15 is 0 Å². The van der Waals surface area contributed by atoms with Crippen LogP contribution >= 0.6 is 22.6 Å². The quantitative estimate of drug-likeness (QED) is 0.142. The number of hydrogen-bond donors (Lipinski definition) is 3. The van der Waals surface area contributed by atoms with Gasteiger partial charge in [0.1, 0.15) is 0 Å². The number of methoxy groups -OCH3 is 1. The van der Waals surface area contributed by atoms with E-state index in [1.807, 2.05) is 54.6 Å². The first kappa shape index (κ1) is 25.8. The molecule has 0 saturated carbocycles. The molecule has 0 heterocycles. The van der Waals surface area contributed by atoms with Gasteiger partial charge in [-0.1, -0.05) is 12.1 Å². The lowest BCUT2D eigenvalue weighted by atomic mass is 10.1. The molecule has 3 N–H and O–H groups in total. The number of nitrogens with one attached hydrogen (secondary N) is 3. The molecule has 2 rings (SSSR count). The average molecular weight is 564 g/mol. The number of amides is 3. The van der Waals surface area contributed by atoms with Crippen LogP contribution in [0.1, 0.15) is 16.7 Å². The van der Waals surface area contributed by atoms with Crippen LogP contribution in [0.15, 0.2) is 48.1 Å². The fraction of sp³-hybridized carbons (Fsp3) is 0.217. The number of ether oxygens (including phenoxy) is 2. The first-order chi connectivity index (χ1) is 15.7. The van der Waals surface area contributed by atoms with Crippen molar-refractivity contribution in [3.05, 3.63) is 63.2 Å². The van der Waals surface area contributed by atoms with E-state index in [0.717, 1.165) is 11.1 Å². The molecule has 0 atom stereocenters. The third-order valence-electron chi connectivity index (χ3n) is 4.10. The van der Waals surface area contributed by atoms with E-state index in [0.29, 0.717) is 26.3 Å². The van der Waals surface area contributed by atoms with Gasteiger partial charge in [-0.2, -0.15) is 5.10 Å². The number of halogens is 1. The third-order valence-corrected chi connectivity index (χ3v) is 4.90. The lowest BCUT2D eigenvalue weighted by Gasteiger charge is -2.14. The standard InChI is InChI=1S/C23H25IN4O5/c1-5-6-25-22(30)23(31)28-26-12-16-10-18(24)21(19(11-16)32-4)33-13-20(29)27-17-8-14(2)7-15(3)9-17/h5,7-12H,1,6,13H2,2-4H3,(H,25,30)(H,27,29)(H,28,31)/b26-12-. The van der Waals surface area contributed by atoms with Crippen molar-refractivity contribution in [2.45, 2.75) is 13.8 Å². The number of carbonyl (C=O) groups is 3. The fourth-order valence-corrected chi connectivity index (χ4v) is 3.58. The molecule has 3 amide bonds. The summed E-state index contributed by atoms with van der Waals surface area (Å²) in [6.45, 7) is 7.34. The Morgan fingerprint density at radius 1 is 1.09 bits per heavy atom. The van der Waals surface area contributed by atoms with Gasteiger partial charge >= 0.3 is 11.8 Å². The Bertz CT molecular complexity index is 1060. The minimum atomic E-state index is -0.899. The van der Waals surface area contributed by atoms with Gasteiger partial charge < -0.3 is 20.1 Å². The van der Waals surface area contributed by atoms with Crippen molar-refractivity contribution in [3.63, 3.8) is 0 Å². The summed E-state index contributed by atoms with van der Waals surface area (Å²) in [4.78, 5) is 35.5. The topological polar surface area (TPSA) is 118 Å². The molecule has 0 aromatic heterocycles. The smallest absolute Gasteiger partial charge is 0.329 e. The lowest BCUT2D eigenvalue weighted by Crippen LogP contribution is -2.37. The number of nitrogens with zero attached hydrogens (tertiary/aromatic N) is 1. The second kappa shape index (κ2) is 12.6. The molecule has 0 aliphatic carbocycles. The maximum atomic E-state index is 12.3. The second-order valence-corrected chi connectivity index (χ2v) is 8.11. The van der Waals surface area contributed by atoms with E-state index < -0.39 is 11.8 Å². The van der Waals surface area contributed by atoms with Crippen molar-refractivity contribution in [2.75, 3.05) is 25.6 Å². The molecule has 2 aromatic rings. The Kier molecular flexibility index (Phi) is 9.85. The minimum absolute atomic E-state index is 0.176. The van der Waals surface area contributed by atoms with Crippen molar-refractivity contribution in [2.24, 2.45) is 5.10 Å². The highest BCUT2D eigenvalue weighted by atomic mass is 127. The summed E-state index contributed by atoms with van der Waals surface area (Å²) < 4.78 is 11.7. The zero-order chi connectivity index (χ0) is 24.4. The number of benzene rings is 2. The van der Waals surface area contributed by atoms with Crippen LogP contribution in [-0.2, 0) is 14.4 Å². The van der Waals surface area contributed by atoms with Crippen LogP contribution in [0.2, 0.25) is 0 Å². The molecular weight excluding hydrogens is 539 g/mol. The predicted molar refractivity (Wildman–Crippen MR) is 135 cm³/mol. The zero-order valence-corrected chi connectivity index (χ0v) is 20.7. The molecule has 0 fully saturated rings. The SMILES string of the molecule is C=CCNC(=O)C(=O)N/N=C\c1cc(I)c(OCC(=O)Nc2cc(C)cc(C)c2)c(OC)c1. The first-order valence-electron chi connectivity index (χ1n) is 9.84. The zero-order valence-electron chi connectivity index (χ0n) is 18.5. The summed E-state index contributed by atoms with van der Waals surface area (Å²) in [5, 5.41) is 8.94. The van der Waals surface area contributed by atoms with Crippen LogP contribution in [0.3, 0.4) is 0 Å². The number of carbonyl (C=O) groups excluding carboxylic acids is 3. The van der Waals surface area contributed by atoms with E-state index in [1.165, 1.54) is 19.4 Å². The molecule has 0 unspecified atom stereocenters. The van der Waals surface area contributed by atoms with Crippen molar-refractivity contribution >= 4 is 52.2 Å². The molecule has 0 aliphatic heterocycles. The molecule has 9 nitrogen and oxygen atoms in total. The number of rotatable bonds is 9. The Hall–Kier alpha value is -3.41. The molecule has 0 aliphatic rings. The summed E-state index contributed by atoms with van der Waals surface area (Å²) >= 11 is 2.05. The van der Waals surface area contributed by atoms with Gasteiger partial charge in [0.05, 0.1) is 16.9 Å². The van der Waals surface area contributed by atoms with Gasteiger partial charge in [-0.25, -0.2) is 5.43 Å². The summed E-state index contributed by atoms with van der Waals surface area (Å²) in [6.07, 6.45) is 2.82. The van der Waals surface area contributed by atoms with Gasteiger partial charge in [-0.05, 0) is 77.4 Å². The van der Waals surface area contributed by atoms with Crippen LogP contribution in [-0.4, -0.2) is 44.2 Å². The predicted octanol–water partition coefficient (Wildman–Crippen LogP) is 2.69. The summed E-state index contributed by atoms with van der Waals surface area (Å²) in [6, 6.07) is 9.14. The molecular formula is C23H25IN4O5. The van der Waals surface area contributed by atoms with Gasteiger partial charge in [0, 0.05) is 12.2 Å². The van der Waals surface area contributed by atoms with Crippen molar-refractivity contribution in [3.8, 4) is 11.5 Å². The molecule has 0 radical (unpaired) electrons. The summed E-state index contributed by atoms with van der Waals surface area (Å²) in [5.41, 5.74) is 5.53. The van der Waals surface area contributed by atoms with Crippen LogP contribution in [0.25, 0.3) is 0 Å². The van der Waals surface area contributed by atoms with Crippen LogP contribution < -0.4 is 25.5 Å². The van der Waals surface area contributed by atoms with E-state index in [2.05, 4.69) is 27.7 Å². The van der Waals surface area contributed by atoms with Crippen LogP contribution in [0, 0.1) is 17.4 Å². The largest absolute Gasteiger partial charge is 0.493 e. The monoisotopic (exact) mass is 564 g/mol. The molecule has 33 heavy (non-hydrogen) atoms. The Labute approximate surface area is 205 Å². The number of hydrogen-bond acceptors (Lipinski definition) is 6. The number of anilines is 1. The van der Waals surface area contributed by atoms with Crippen molar-refractivity contribution < 1.29 is 23.9 Å². The van der Waals surface area contributed by atoms with E-state index in [1.54, 1.807) is 12.1 Å². The highest BCUT2D eigenvalue weighted by Crippen LogP contribution is 2.33. The second-order valence-electron chi connectivity index (χ2n) is 6.95. The van der Waals surface area contributed by atoms with Crippen molar-refractivity contribution in [1.82, 2.24) is 10.7 Å². The van der Waals surface area contributed by atoms with E-state index in [4.69, 9.17) is 9.47 Å². The molecule has 10 heteroatoms. The molecule has 0 saturated heterocycles. The van der Waals surface area contributed by atoms with Gasteiger partial charge in [0.15, 0.2) is 18.1 Å². The van der Waals surface area contributed by atoms with Gasteiger partial charge in [0.2, 0.25) is 0 Å². The van der Waals surface area contributed by atoms with Gasteiger partial charge in [-0.3, -0.25) is 14.4 Å². The first-order valence-corrected chi connectivity index (χ1v) is 10.9. The maximum absolute atomic E-state index is 12.3. The Morgan fingerprint density at radius 3 is 2.42 bits per heavy atom. The third kappa shape index (κ3) is 8.22. The van der Waals surface area contributed by atoms with E-state index in [9.17, 15) is 14.4 Å². The van der Waals surface area contributed by atoms with Crippen LogP contribution in [0.4, 0.5) is 5.69 Å². The molecule has 0 bridgehead atoms. The number of hydrazone groups is 1. The Morgan fingerprint density at radius 2 is 1.79 bits per heavy atom. The maximum Gasteiger partial charge on any atom is 0.329 e. The minimum Gasteiger partial charge on any atom is -0.493 e. The van der Waals surface area contributed by atoms with Gasteiger partial charge in [0.25, 0.3) is 5.91 Å². The molecule has 174 valence electrons. The van der Waals surface area contributed by atoms with Crippen molar-refractivity contribution in [1.29, 1.82) is 0 Å². The average Bonchev–Trinajstić information content (AvgIpc) is 2.75.